The Hall–Kier alpha value is -1.20. The lowest BCUT2D eigenvalue weighted by Crippen LogP contribution is -2.34. The second-order valence-corrected chi connectivity index (χ2v) is 5.35. The van der Waals surface area contributed by atoms with E-state index in [9.17, 15) is 22.0 Å². The zero-order valence-corrected chi connectivity index (χ0v) is 10.4. The fourth-order valence-electron chi connectivity index (χ4n) is 2.37. The largest absolute Gasteiger partial charge is 0.433 e. The van der Waals surface area contributed by atoms with Gasteiger partial charge in [0, 0.05) is 19.0 Å². The van der Waals surface area contributed by atoms with Crippen LogP contribution in [0.3, 0.4) is 0 Å². The summed E-state index contributed by atoms with van der Waals surface area (Å²) >= 11 is 0. The summed E-state index contributed by atoms with van der Waals surface area (Å²) in [7, 11) is 0. The number of hydrogen-bond donors (Lipinski definition) is 0. The van der Waals surface area contributed by atoms with E-state index in [-0.39, 0.29) is 25.7 Å². The van der Waals surface area contributed by atoms with Gasteiger partial charge >= 0.3 is 6.18 Å². The second-order valence-electron chi connectivity index (χ2n) is 5.35. The molecule has 0 atom stereocenters. The fourth-order valence-corrected chi connectivity index (χ4v) is 2.37. The van der Waals surface area contributed by atoms with Gasteiger partial charge in [-0.05, 0) is 29.9 Å². The van der Waals surface area contributed by atoms with Crippen molar-refractivity contribution in [3.63, 3.8) is 0 Å². The molecule has 1 aromatic rings. The Bertz CT molecular complexity index is 439. The molecule has 1 fully saturated rings. The molecule has 106 valence electrons. The molecule has 19 heavy (non-hydrogen) atoms. The van der Waals surface area contributed by atoms with Gasteiger partial charge in [-0.15, -0.1) is 0 Å². The molecule has 0 aromatic carbocycles. The third-order valence-corrected chi connectivity index (χ3v) is 3.84. The van der Waals surface area contributed by atoms with Gasteiger partial charge in [0.05, 0.1) is 0 Å². The van der Waals surface area contributed by atoms with Gasteiger partial charge in [0.25, 0.3) is 0 Å². The van der Waals surface area contributed by atoms with Crippen molar-refractivity contribution in [2.45, 2.75) is 50.1 Å². The van der Waals surface area contributed by atoms with E-state index in [2.05, 4.69) is 4.98 Å². The normalized spacial score (nSPS) is 22.2. The lowest BCUT2D eigenvalue weighted by Gasteiger charge is -2.37. The van der Waals surface area contributed by atoms with Gasteiger partial charge in [-0.1, -0.05) is 13.0 Å². The summed E-state index contributed by atoms with van der Waals surface area (Å²) in [6, 6.07) is 2.26. The van der Waals surface area contributed by atoms with Crippen LogP contribution >= 0.6 is 0 Å². The summed E-state index contributed by atoms with van der Waals surface area (Å²) in [4.78, 5) is 3.39. The van der Waals surface area contributed by atoms with Crippen LogP contribution in [0, 0.1) is 0 Å². The molecule has 1 nitrogen and oxygen atoms in total. The van der Waals surface area contributed by atoms with Gasteiger partial charge in [0.15, 0.2) is 0 Å². The van der Waals surface area contributed by atoms with Gasteiger partial charge in [-0.25, -0.2) is 8.78 Å². The van der Waals surface area contributed by atoms with E-state index in [1.807, 2.05) is 0 Å². The molecule has 1 saturated carbocycles. The standard InChI is InChI=1S/C13H14F5N/c1-11(4-6-12(14,15)7-5-11)9-2-3-10(19-8-9)13(16,17)18/h2-3,8H,4-7H2,1H3. The molecule has 1 heterocycles. The van der Waals surface area contributed by atoms with E-state index in [0.29, 0.717) is 5.56 Å². The molecule has 1 aromatic heterocycles. The molecule has 1 aliphatic carbocycles. The number of nitrogens with zero attached hydrogens (tertiary/aromatic N) is 1. The Morgan fingerprint density at radius 3 is 2.05 bits per heavy atom. The van der Waals surface area contributed by atoms with Crippen LogP contribution in [0.25, 0.3) is 0 Å². The molecule has 0 aliphatic heterocycles. The first-order chi connectivity index (χ1) is 8.62. The predicted octanol–water partition coefficient (Wildman–Crippen LogP) is 4.57. The first-order valence-corrected chi connectivity index (χ1v) is 6.04. The van der Waals surface area contributed by atoms with Gasteiger partial charge in [-0.3, -0.25) is 4.98 Å². The van der Waals surface area contributed by atoms with Crippen molar-refractivity contribution in [1.82, 2.24) is 4.98 Å². The van der Waals surface area contributed by atoms with E-state index in [1.165, 1.54) is 6.07 Å². The maximum Gasteiger partial charge on any atom is 0.433 e. The quantitative estimate of drug-likeness (QED) is 0.686. The zero-order valence-electron chi connectivity index (χ0n) is 10.4. The molecular weight excluding hydrogens is 265 g/mol. The molecule has 1 aliphatic rings. The summed E-state index contributed by atoms with van der Waals surface area (Å²) in [5.41, 5.74) is -0.879. The van der Waals surface area contributed by atoms with E-state index in [4.69, 9.17) is 0 Å². The van der Waals surface area contributed by atoms with E-state index in [0.717, 1.165) is 12.3 Å². The Kier molecular flexibility index (Phi) is 3.31. The zero-order chi connectivity index (χ0) is 14.3. The van der Waals surface area contributed by atoms with Crippen molar-refractivity contribution in [3.05, 3.63) is 29.6 Å². The highest BCUT2D eigenvalue weighted by molar-refractivity contribution is 5.25. The van der Waals surface area contributed by atoms with Gasteiger partial charge in [-0.2, -0.15) is 13.2 Å². The minimum absolute atomic E-state index is 0.232. The monoisotopic (exact) mass is 279 g/mol. The SMILES string of the molecule is CC1(c2ccc(C(F)(F)F)nc2)CCC(F)(F)CC1. The summed E-state index contributed by atoms with van der Waals surface area (Å²) in [6.45, 7) is 1.80. The van der Waals surface area contributed by atoms with Crippen LogP contribution in [0.4, 0.5) is 22.0 Å². The molecule has 6 heteroatoms. The number of hydrogen-bond acceptors (Lipinski definition) is 1. The molecule has 0 amide bonds. The maximum absolute atomic E-state index is 13.1. The van der Waals surface area contributed by atoms with E-state index >= 15 is 0 Å². The Balaban J connectivity index is 2.19. The van der Waals surface area contributed by atoms with E-state index < -0.39 is 23.2 Å². The predicted molar refractivity (Wildman–Crippen MR) is 60.0 cm³/mol. The summed E-state index contributed by atoms with van der Waals surface area (Å²) in [6.07, 6.45) is -3.26. The summed E-state index contributed by atoms with van der Waals surface area (Å²) in [5, 5.41) is 0. The highest BCUT2D eigenvalue weighted by Gasteiger charge is 2.42. The van der Waals surface area contributed by atoms with Crippen molar-refractivity contribution in [1.29, 1.82) is 0 Å². The molecule has 0 saturated heterocycles. The van der Waals surface area contributed by atoms with Crippen molar-refractivity contribution in [2.75, 3.05) is 0 Å². The average Bonchev–Trinajstić information content (AvgIpc) is 2.33. The molecule has 0 unspecified atom stereocenters. The minimum atomic E-state index is -4.47. The van der Waals surface area contributed by atoms with Crippen LogP contribution in [0.5, 0.6) is 0 Å². The Morgan fingerprint density at radius 2 is 1.63 bits per heavy atom. The van der Waals surface area contributed by atoms with Gasteiger partial charge < -0.3 is 0 Å². The van der Waals surface area contributed by atoms with Crippen molar-refractivity contribution < 1.29 is 22.0 Å². The first kappa shape index (κ1) is 14.2. The van der Waals surface area contributed by atoms with Crippen LogP contribution in [0.2, 0.25) is 0 Å². The van der Waals surface area contributed by atoms with Crippen molar-refractivity contribution in [3.8, 4) is 0 Å². The maximum atomic E-state index is 13.1. The van der Waals surface area contributed by atoms with Crippen molar-refractivity contribution >= 4 is 0 Å². The number of halogens is 5. The third kappa shape index (κ3) is 3.04. The van der Waals surface area contributed by atoms with Gasteiger partial charge in [0.1, 0.15) is 5.69 Å². The Morgan fingerprint density at radius 1 is 1.05 bits per heavy atom. The van der Waals surface area contributed by atoms with Crippen LogP contribution in [0.15, 0.2) is 18.3 Å². The van der Waals surface area contributed by atoms with Crippen LogP contribution < -0.4 is 0 Å². The summed E-state index contributed by atoms with van der Waals surface area (Å²) < 4.78 is 63.4. The molecule has 0 spiro atoms. The second kappa shape index (κ2) is 4.42. The molecule has 2 rings (SSSR count). The smallest absolute Gasteiger partial charge is 0.251 e. The lowest BCUT2D eigenvalue weighted by atomic mass is 9.70. The first-order valence-electron chi connectivity index (χ1n) is 6.04. The third-order valence-electron chi connectivity index (χ3n) is 3.84. The Labute approximate surface area is 107 Å². The van der Waals surface area contributed by atoms with Crippen LogP contribution in [-0.4, -0.2) is 10.9 Å². The number of alkyl halides is 5. The number of rotatable bonds is 1. The molecule has 0 N–H and O–H groups in total. The molecule has 0 bridgehead atoms. The summed E-state index contributed by atoms with van der Waals surface area (Å²) in [5.74, 6) is -2.65. The molecular formula is C13H14F5N. The van der Waals surface area contributed by atoms with Crippen molar-refractivity contribution in [2.24, 2.45) is 0 Å². The lowest BCUT2D eigenvalue weighted by molar-refractivity contribution is -0.141. The van der Waals surface area contributed by atoms with Gasteiger partial charge in [0.2, 0.25) is 5.92 Å². The van der Waals surface area contributed by atoms with Crippen LogP contribution in [-0.2, 0) is 11.6 Å². The highest BCUT2D eigenvalue weighted by atomic mass is 19.4. The highest BCUT2D eigenvalue weighted by Crippen LogP contribution is 2.45. The number of aromatic nitrogens is 1. The van der Waals surface area contributed by atoms with E-state index in [1.54, 1.807) is 6.92 Å². The van der Waals surface area contributed by atoms with Crippen LogP contribution in [0.1, 0.15) is 43.9 Å². The fraction of sp³-hybridized carbons (Fsp3) is 0.615. The minimum Gasteiger partial charge on any atom is -0.251 e. The number of pyridine rings is 1. The topological polar surface area (TPSA) is 12.9 Å². The molecule has 0 radical (unpaired) electrons. The average molecular weight is 279 g/mol.